The monoisotopic (exact) mass is 663 g/mol. The second kappa shape index (κ2) is 13.1. The number of alkyl halides is 3. The van der Waals surface area contributed by atoms with Crippen molar-refractivity contribution >= 4 is 29.4 Å². The molecule has 2 N–H and O–H groups in total. The molecule has 0 bridgehead atoms. The van der Waals surface area contributed by atoms with Crippen molar-refractivity contribution in [2.75, 3.05) is 26.2 Å². The molecule has 1 fully saturated rings. The number of carbonyl (C=O) groups excluding carboxylic acids is 3. The van der Waals surface area contributed by atoms with Gasteiger partial charge in [-0.2, -0.15) is 17.9 Å². The number of carbonyl (C=O) groups is 3. The molecule has 1 atom stereocenters. The summed E-state index contributed by atoms with van der Waals surface area (Å²) in [7, 11) is 0. The Morgan fingerprint density at radius 2 is 1.89 bits per heavy atom. The number of aliphatic hydroxyl groups excluding tert-OH is 1. The quantitative estimate of drug-likeness (QED) is 0.246. The van der Waals surface area contributed by atoms with E-state index in [4.69, 9.17) is 16.3 Å². The molecule has 1 aromatic carbocycles. The molecule has 3 aromatic heterocycles. The molecular weight excluding hydrogens is 639 g/mol. The number of nitrogens with zero attached hydrogens (tertiary/aromatic N) is 8. The molecule has 0 spiro atoms. The van der Waals surface area contributed by atoms with Crippen molar-refractivity contribution in [3.63, 3.8) is 0 Å². The Balaban J connectivity index is 1.60. The number of amides is 2. The minimum Gasteiger partial charge on any atom is -0.462 e. The van der Waals surface area contributed by atoms with Crippen LogP contribution in [0.25, 0.3) is 17.2 Å². The Hall–Kier alpha value is -5.10. The highest BCUT2D eigenvalue weighted by Crippen LogP contribution is 2.24. The SMILES string of the molecule is CCOC(=O)c1cccnc1-n1nc(Cn2nc(-c3ccc(Cl)cc3)n(CC(O)C(F)(F)F)c2=O)nc1C(=O)N1CCNC(=O)C1. The molecule has 15 nitrogen and oxygen atoms in total. The number of nitrogens with one attached hydrogen (secondary N) is 1. The third-order valence-electron chi connectivity index (χ3n) is 6.70. The second-order valence-corrected chi connectivity index (χ2v) is 10.3. The minimum absolute atomic E-state index is 0.0367. The van der Waals surface area contributed by atoms with Gasteiger partial charge in [0.1, 0.15) is 18.7 Å². The number of esters is 1. The highest BCUT2D eigenvalue weighted by Gasteiger charge is 2.39. The van der Waals surface area contributed by atoms with Crippen molar-refractivity contribution < 1.29 is 37.4 Å². The zero-order valence-corrected chi connectivity index (χ0v) is 24.7. The van der Waals surface area contributed by atoms with E-state index >= 15 is 0 Å². The first-order valence-electron chi connectivity index (χ1n) is 13.7. The Kier molecular flexibility index (Phi) is 9.19. The van der Waals surface area contributed by atoms with Gasteiger partial charge < -0.3 is 20.1 Å². The number of hydrogen-bond donors (Lipinski definition) is 2. The van der Waals surface area contributed by atoms with Crippen LogP contribution in [0.5, 0.6) is 0 Å². The predicted molar refractivity (Wildman–Crippen MR) is 152 cm³/mol. The molecule has 4 aromatic rings. The van der Waals surface area contributed by atoms with Crippen molar-refractivity contribution in [2.45, 2.75) is 32.3 Å². The van der Waals surface area contributed by atoms with Crippen LogP contribution in [-0.2, 0) is 22.6 Å². The molecule has 4 heterocycles. The summed E-state index contributed by atoms with van der Waals surface area (Å²) < 4.78 is 47.3. The van der Waals surface area contributed by atoms with E-state index in [9.17, 15) is 37.5 Å². The topological polar surface area (TPSA) is 179 Å². The van der Waals surface area contributed by atoms with E-state index in [0.29, 0.717) is 9.59 Å². The normalized spacial score (nSPS) is 14.2. The summed E-state index contributed by atoms with van der Waals surface area (Å²) in [6, 6.07) is 8.61. The lowest BCUT2D eigenvalue weighted by Crippen LogP contribution is -2.50. The smallest absolute Gasteiger partial charge is 0.416 e. The van der Waals surface area contributed by atoms with E-state index in [1.807, 2.05) is 0 Å². The lowest BCUT2D eigenvalue weighted by molar-refractivity contribution is -0.207. The molecule has 46 heavy (non-hydrogen) atoms. The number of piperazine rings is 1. The molecular formula is C27H25ClF3N9O6. The number of ether oxygens (including phenoxy) is 1. The zero-order chi connectivity index (χ0) is 33.2. The van der Waals surface area contributed by atoms with Gasteiger partial charge in [-0.05, 0) is 43.3 Å². The minimum atomic E-state index is -5.03. The largest absolute Gasteiger partial charge is 0.462 e. The average Bonchev–Trinajstić information content (AvgIpc) is 3.57. The summed E-state index contributed by atoms with van der Waals surface area (Å²) in [5.74, 6) is -2.87. The van der Waals surface area contributed by atoms with Gasteiger partial charge in [-0.15, -0.1) is 10.2 Å². The van der Waals surface area contributed by atoms with Crippen LogP contribution in [0.4, 0.5) is 13.2 Å². The van der Waals surface area contributed by atoms with Gasteiger partial charge in [0.15, 0.2) is 23.6 Å². The van der Waals surface area contributed by atoms with Gasteiger partial charge in [-0.3, -0.25) is 14.2 Å². The number of rotatable bonds is 9. The number of hydrogen-bond acceptors (Lipinski definition) is 10. The van der Waals surface area contributed by atoms with Crippen molar-refractivity contribution in [1.82, 2.24) is 44.3 Å². The molecule has 5 rings (SSSR count). The zero-order valence-electron chi connectivity index (χ0n) is 23.9. The predicted octanol–water partition coefficient (Wildman–Crippen LogP) is 1.06. The highest BCUT2D eigenvalue weighted by atomic mass is 35.5. The van der Waals surface area contributed by atoms with Crippen LogP contribution in [0.15, 0.2) is 47.4 Å². The van der Waals surface area contributed by atoms with E-state index in [2.05, 4.69) is 25.5 Å². The standard InChI is InChI=1S/C27H25ClF3N9O6/c1-2-46-25(44)17-4-3-9-33-22(17)40-23(24(43)37-11-10-32-20(42)14-37)34-19(35-40)13-39-26(45)38(12-18(41)27(29,30)31)21(36-39)15-5-7-16(28)8-6-15/h3-9,18,41H,2,10-14H2,1H3,(H,32,42). The summed E-state index contributed by atoms with van der Waals surface area (Å²) >= 11 is 5.94. The van der Waals surface area contributed by atoms with E-state index in [0.717, 1.165) is 9.36 Å². The fourth-order valence-corrected chi connectivity index (χ4v) is 4.65. The summed E-state index contributed by atoms with van der Waals surface area (Å²) in [5.41, 5.74) is -0.894. The molecule has 1 aliphatic heterocycles. The second-order valence-electron chi connectivity index (χ2n) is 9.87. The molecule has 1 saturated heterocycles. The molecule has 0 saturated carbocycles. The maximum atomic E-state index is 13.6. The first-order valence-corrected chi connectivity index (χ1v) is 14.1. The summed E-state index contributed by atoms with van der Waals surface area (Å²) in [6.45, 7) is -0.0634. The van der Waals surface area contributed by atoms with Crippen molar-refractivity contribution in [2.24, 2.45) is 0 Å². The van der Waals surface area contributed by atoms with Crippen molar-refractivity contribution in [3.8, 4) is 17.2 Å². The van der Waals surface area contributed by atoms with Gasteiger partial charge in [-0.25, -0.2) is 24.2 Å². The van der Waals surface area contributed by atoms with Crippen LogP contribution in [0.1, 0.15) is 33.7 Å². The van der Waals surface area contributed by atoms with Gasteiger partial charge in [0.2, 0.25) is 11.7 Å². The summed E-state index contributed by atoms with van der Waals surface area (Å²) in [5, 5.41) is 21.2. The number of aliphatic hydroxyl groups is 1. The van der Waals surface area contributed by atoms with Gasteiger partial charge in [0.25, 0.3) is 5.91 Å². The van der Waals surface area contributed by atoms with Gasteiger partial charge in [-0.1, -0.05) is 11.6 Å². The molecule has 0 radical (unpaired) electrons. The van der Waals surface area contributed by atoms with Gasteiger partial charge in [0, 0.05) is 29.9 Å². The number of halogens is 4. The fourth-order valence-electron chi connectivity index (χ4n) is 4.53. The van der Waals surface area contributed by atoms with Crippen LogP contribution in [0.3, 0.4) is 0 Å². The van der Waals surface area contributed by atoms with Crippen molar-refractivity contribution in [3.05, 3.63) is 75.3 Å². The molecule has 242 valence electrons. The molecule has 1 unspecified atom stereocenters. The van der Waals surface area contributed by atoms with E-state index < -0.39 is 48.8 Å². The Bertz CT molecular complexity index is 1840. The van der Waals surface area contributed by atoms with E-state index in [1.165, 1.54) is 47.5 Å². The van der Waals surface area contributed by atoms with Crippen LogP contribution in [0.2, 0.25) is 5.02 Å². The molecule has 19 heteroatoms. The average molecular weight is 664 g/mol. The van der Waals surface area contributed by atoms with E-state index in [1.54, 1.807) is 6.92 Å². The summed E-state index contributed by atoms with van der Waals surface area (Å²) in [4.78, 5) is 61.4. The lowest BCUT2D eigenvalue weighted by Gasteiger charge is -2.26. The van der Waals surface area contributed by atoms with Crippen LogP contribution < -0.4 is 11.0 Å². The Morgan fingerprint density at radius 3 is 2.57 bits per heavy atom. The molecule has 1 aliphatic rings. The third-order valence-corrected chi connectivity index (χ3v) is 6.95. The Labute approximate surface area is 262 Å². The maximum absolute atomic E-state index is 13.6. The number of pyridine rings is 1. The maximum Gasteiger partial charge on any atom is 0.416 e. The van der Waals surface area contributed by atoms with Crippen LogP contribution in [-0.4, -0.2) is 100 Å². The van der Waals surface area contributed by atoms with Crippen molar-refractivity contribution in [1.29, 1.82) is 0 Å². The number of benzene rings is 1. The highest BCUT2D eigenvalue weighted by molar-refractivity contribution is 6.30. The lowest BCUT2D eigenvalue weighted by atomic mass is 10.2. The summed E-state index contributed by atoms with van der Waals surface area (Å²) in [6.07, 6.45) is -6.58. The fraction of sp³-hybridized carbons (Fsp3) is 0.333. The van der Waals surface area contributed by atoms with Crippen LogP contribution in [0, 0.1) is 0 Å². The molecule has 2 amide bonds. The van der Waals surface area contributed by atoms with Gasteiger partial charge in [0.05, 0.1) is 13.2 Å². The Morgan fingerprint density at radius 1 is 1.15 bits per heavy atom. The third kappa shape index (κ3) is 6.76. The number of aromatic nitrogens is 7. The first kappa shape index (κ1) is 32.3. The van der Waals surface area contributed by atoms with Gasteiger partial charge >= 0.3 is 17.8 Å². The molecule has 0 aliphatic carbocycles. The first-order chi connectivity index (χ1) is 21.9. The van der Waals surface area contributed by atoms with Crippen LogP contribution >= 0.6 is 11.6 Å². The van der Waals surface area contributed by atoms with E-state index in [-0.39, 0.29) is 60.7 Å².